The van der Waals surface area contributed by atoms with Crippen molar-refractivity contribution in [1.29, 1.82) is 0 Å². The van der Waals surface area contributed by atoms with Gasteiger partial charge in [-0.15, -0.1) is 0 Å². The molecular weight excluding hydrogens is 308 g/mol. The number of carbonyl (C=O) groups is 1. The average molecular weight is 334 g/mol. The predicted molar refractivity (Wildman–Crippen MR) is 100 cm³/mol. The van der Waals surface area contributed by atoms with Gasteiger partial charge in [-0.2, -0.15) is 0 Å². The molecule has 4 rings (SSSR count). The minimum absolute atomic E-state index is 0.155. The first kappa shape index (κ1) is 16.3. The number of nitrogens with zero attached hydrogens (tertiary/aromatic N) is 2. The van der Waals surface area contributed by atoms with Crippen LogP contribution in [0.2, 0.25) is 0 Å². The van der Waals surface area contributed by atoms with Gasteiger partial charge in [-0.25, -0.2) is 0 Å². The summed E-state index contributed by atoms with van der Waals surface area (Å²) in [5, 5.41) is 0. The topological polar surface area (TPSA) is 23.6 Å². The first-order chi connectivity index (χ1) is 12.3. The molecule has 130 valence electrons. The van der Waals surface area contributed by atoms with E-state index < -0.39 is 0 Å². The van der Waals surface area contributed by atoms with E-state index in [1.165, 1.54) is 16.7 Å². The zero-order chi connectivity index (χ0) is 17.1. The first-order valence-electron chi connectivity index (χ1n) is 9.41. The Hall–Kier alpha value is -2.13. The summed E-state index contributed by atoms with van der Waals surface area (Å²) in [7, 11) is 0. The highest BCUT2D eigenvalue weighted by atomic mass is 16.2. The molecule has 25 heavy (non-hydrogen) atoms. The lowest BCUT2D eigenvalue weighted by Crippen LogP contribution is -2.46. The van der Waals surface area contributed by atoms with Gasteiger partial charge in [0, 0.05) is 26.2 Å². The van der Waals surface area contributed by atoms with E-state index in [0.29, 0.717) is 5.91 Å². The van der Waals surface area contributed by atoms with Crippen LogP contribution >= 0.6 is 0 Å². The van der Waals surface area contributed by atoms with Gasteiger partial charge in [-0.05, 0) is 42.5 Å². The van der Waals surface area contributed by atoms with E-state index in [1.54, 1.807) is 0 Å². The van der Waals surface area contributed by atoms with E-state index in [-0.39, 0.29) is 5.92 Å². The largest absolute Gasteiger partial charge is 0.338 e. The summed E-state index contributed by atoms with van der Waals surface area (Å²) in [5.74, 6) is 0.509. The Morgan fingerprint density at radius 1 is 0.960 bits per heavy atom. The normalized spacial score (nSPS) is 21.0. The fraction of sp³-hybridized carbons (Fsp3) is 0.409. The number of hydrogen-bond donors (Lipinski definition) is 0. The molecule has 0 aromatic heterocycles. The van der Waals surface area contributed by atoms with Gasteiger partial charge in [-0.1, -0.05) is 54.6 Å². The van der Waals surface area contributed by atoms with Gasteiger partial charge < -0.3 is 4.90 Å². The number of hydrogen-bond acceptors (Lipinski definition) is 2. The molecule has 2 aliphatic heterocycles. The Kier molecular flexibility index (Phi) is 4.84. The van der Waals surface area contributed by atoms with E-state index in [1.807, 2.05) is 0 Å². The molecule has 3 heteroatoms. The number of piperidine rings is 1. The Balaban J connectivity index is 1.39. The highest BCUT2D eigenvalue weighted by Gasteiger charge is 2.30. The van der Waals surface area contributed by atoms with Crippen molar-refractivity contribution in [3.8, 4) is 0 Å². The van der Waals surface area contributed by atoms with Crippen LogP contribution in [0.3, 0.4) is 0 Å². The standard InChI is InChI=1S/C22H26N2O/c25-22(24-14-12-19-9-4-5-10-20(19)17-24)21-11-6-13-23(16-21)15-18-7-2-1-3-8-18/h1-5,7-10,21H,6,11-17H2/t21-/m1/s1. The van der Waals surface area contributed by atoms with Gasteiger partial charge >= 0.3 is 0 Å². The van der Waals surface area contributed by atoms with Crippen molar-refractivity contribution < 1.29 is 4.79 Å². The molecule has 2 aromatic carbocycles. The number of fused-ring (bicyclic) bond motifs is 1. The first-order valence-corrected chi connectivity index (χ1v) is 9.41. The second-order valence-corrected chi connectivity index (χ2v) is 7.34. The molecular formula is C22H26N2O. The molecule has 0 bridgehead atoms. The Labute approximate surface area is 150 Å². The molecule has 1 fully saturated rings. The van der Waals surface area contributed by atoms with Crippen LogP contribution in [0.1, 0.15) is 29.5 Å². The molecule has 0 N–H and O–H groups in total. The summed E-state index contributed by atoms with van der Waals surface area (Å²) in [6.07, 6.45) is 3.14. The van der Waals surface area contributed by atoms with Crippen LogP contribution in [-0.4, -0.2) is 35.3 Å². The number of likely N-dealkylation sites (tertiary alicyclic amines) is 1. The molecule has 1 atom stereocenters. The van der Waals surface area contributed by atoms with Crippen molar-refractivity contribution in [3.63, 3.8) is 0 Å². The molecule has 2 aromatic rings. The third-order valence-corrected chi connectivity index (χ3v) is 5.55. The smallest absolute Gasteiger partial charge is 0.227 e. The van der Waals surface area contributed by atoms with Crippen LogP contribution in [0.15, 0.2) is 54.6 Å². The average Bonchev–Trinajstić information content (AvgIpc) is 2.68. The summed E-state index contributed by atoms with van der Waals surface area (Å²) in [6.45, 7) is 4.59. The number of carbonyl (C=O) groups excluding carboxylic acids is 1. The van der Waals surface area contributed by atoms with E-state index in [9.17, 15) is 4.79 Å². The second-order valence-electron chi connectivity index (χ2n) is 7.34. The van der Waals surface area contributed by atoms with E-state index in [4.69, 9.17) is 0 Å². The van der Waals surface area contributed by atoms with Crippen LogP contribution in [0, 0.1) is 5.92 Å². The lowest BCUT2D eigenvalue weighted by Gasteiger charge is -2.36. The van der Waals surface area contributed by atoms with Gasteiger partial charge in [-0.3, -0.25) is 9.69 Å². The van der Waals surface area contributed by atoms with Crippen molar-refractivity contribution in [2.24, 2.45) is 5.92 Å². The minimum atomic E-state index is 0.155. The number of rotatable bonds is 3. The fourth-order valence-corrected chi connectivity index (χ4v) is 4.18. The molecule has 0 radical (unpaired) electrons. The lowest BCUT2D eigenvalue weighted by molar-refractivity contribution is -0.138. The maximum absolute atomic E-state index is 13.1. The highest BCUT2D eigenvalue weighted by molar-refractivity contribution is 5.79. The fourth-order valence-electron chi connectivity index (χ4n) is 4.18. The molecule has 0 saturated carbocycles. The third kappa shape index (κ3) is 3.77. The quantitative estimate of drug-likeness (QED) is 0.858. The van der Waals surface area contributed by atoms with Crippen molar-refractivity contribution >= 4 is 5.91 Å². The van der Waals surface area contributed by atoms with Crippen LogP contribution in [0.25, 0.3) is 0 Å². The molecule has 1 amide bonds. The van der Waals surface area contributed by atoms with Gasteiger partial charge in [0.05, 0.1) is 5.92 Å². The molecule has 3 nitrogen and oxygen atoms in total. The summed E-state index contributed by atoms with van der Waals surface area (Å²) >= 11 is 0. The number of amides is 1. The predicted octanol–water partition coefficient (Wildman–Crippen LogP) is 3.48. The van der Waals surface area contributed by atoms with Crippen molar-refractivity contribution in [2.45, 2.75) is 32.4 Å². The molecule has 2 aliphatic rings. The van der Waals surface area contributed by atoms with Crippen molar-refractivity contribution in [2.75, 3.05) is 19.6 Å². The summed E-state index contributed by atoms with van der Waals surface area (Å²) in [6, 6.07) is 19.1. The maximum Gasteiger partial charge on any atom is 0.227 e. The lowest BCUT2D eigenvalue weighted by atomic mass is 9.93. The van der Waals surface area contributed by atoms with Gasteiger partial charge in [0.1, 0.15) is 0 Å². The highest BCUT2D eigenvalue weighted by Crippen LogP contribution is 2.24. The van der Waals surface area contributed by atoms with E-state index in [0.717, 1.165) is 52.0 Å². The third-order valence-electron chi connectivity index (χ3n) is 5.55. The SMILES string of the molecule is O=C([C@@H]1CCCN(Cc2ccccc2)C1)N1CCc2ccccc2C1. The number of benzene rings is 2. The Bertz CT molecular complexity index is 728. The van der Waals surface area contributed by atoms with Gasteiger partial charge in [0.15, 0.2) is 0 Å². The molecule has 0 spiro atoms. The molecule has 1 saturated heterocycles. The van der Waals surface area contributed by atoms with Gasteiger partial charge in [0.25, 0.3) is 0 Å². The van der Waals surface area contributed by atoms with E-state index in [2.05, 4.69) is 64.4 Å². The van der Waals surface area contributed by atoms with Crippen LogP contribution < -0.4 is 0 Å². The maximum atomic E-state index is 13.1. The Morgan fingerprint density at radius 2 is 1.72 bits per heavy atom. The molecule has 0 unspecified atom stereocenters. The Morgan fingerprint density at radius 3 is 2.56 bits per heavy atom. The monoisotopic (exact) mass is 334 g/mol. The zero-order valence-corrected chi connectivity index (χ0v) is 14.7. The van der Waals surface area contributed by atoms with Gasteiger partial charge in [0.2, 0.25) is 5.91 Å². The van der Waals surface area contributed by atoms with Crippen LogP contribution in [-0.2, 0) is 24.3 Å². The molecule has 2 heterocycles. The summed E-state index contributed by atoms with van der Waals surface area (Å²) in [5.41, 5.74) is 4.06. The van der Waals surface area contributed by atoms with Crippen LogP contribution in [0.4, 0.5) is 0 Å². The van der Waals surface area contributed by atoms with Crippen molar-refractivity contribution in [1.82, 2.24) is 9.80 Å². The summed E-state index contributed by atoms with van der Waals surface area (Å²) < 4.78 is 0. The van der Waals surface area contributed by atoms with Crippen LogP contribution in [0.5, 0.6) is 0 Å². The summed E-state index contributed by atoms with van der Waals surface area (Å²) in [4.78, 5) is 17.6. The van der Waals surface area contributed by atoms with E-state index >= 15 is 0 Å². The molecule has 0 aliphatic carbocycles. The zero-order valence-electron chi connectivity index (χ0n) is 14.7. The second kappa shape index (κ2) is 7.40. The van der Waals surface area contributed by atoms with Crippen molar-refractivity contribution in [3.05, 3.63) is 71.3 Å². The minimum Gasteiger partial charge on any atom is -0.338 e.